The lowest BCUT2D eigenvalue weighted by molar-refractivity contribution is 0.00501. The molecule has 0 aliphatic heterocycles. The van der Waals surface area contributed by atoms with E-state index in [4.69, 9.17) is 9.47 Å². The molecule has 0 aliphatic carbocycles. The normalized spacial score (nSPS) is 12.3. The zero-order valence-electron chi connectivity index (χ0n) is 28.3. The number of hydrogen-bond donors (Lipinski definition) is 3. The Bertz CT molecular complexity index is 1910. The predicted octanol–water partition coefficient (Wildman–Crippen LogP) is 8.21. The van der Waals surface area contributed by atoms with Crippen LogP contribution in [-0.4, -0.2) is 43.1 Å². The van der Waals surface area contributed by atoms with Crippen molar-refractivity contribution >= 4 is 33.6 Å². The average molecular weight is 611 g/mol. The minimum atomic E-state index is -0.589. The van der Waals surface area contributed by atoms with Crippen LogP contribution in [0.15, 0.2) is 30.5 Å². The van der Waals surface area contributed by atoms with E-state index in [0.717, 1.165) is 79.5 Å². The molecule has 0 aliphatic rings. The number of nitrogens with one attached hydrogen (secondary N) is 3. The van der Waals surface area contributed by atoms with E-state index in [9.17, 15) is 9.59 Å². The Balaban J connectivity index is 1.62. The number of carbonyl (C=O) groups is 2. The molecule has 0 saturated carbocycles. The van der Waals surface area contributed by atoms with E-state index < -0.39 is 11.2 Å². The monoisotopic (exact) mass is 610 g/mol. The molecule has 0 bridgehead atoms. The molecule has 8 heteroatoms. The summed E-state index contributed by atoms with van der Waals surface area (Å²) in [6, 6.07) is 8.26. The highest BCUT2D eigenvalue weighted by molar-refractivity contribution is 6.09. The highest BCUT2D eigenvalue weighted by atomic mass is 16.6. The number of fused-ring (bicyclic) bond motifs is 3. The number of aromatic nitrogens is 4. The highest BCUT2D eigenvalue weighted by Gasteiger charge is 2.27. The summed E-state index contributed by atoms with van der Waals surface area (Å²) in [5.41, 5.74) is 8.92. The average Bonchev–Trinajstić information content (AvgIpc) is 3.57. The van der Waals surface area contributed by atoms with E-state index >= 15 is 0 Å². The molecule has 0 amide bonds. The maximum Gasteiger partial charge on any atom is 0.355 e. The molecular formula is C37H46N4O4. The van der Waals surface area contributed by atoms with Crippen molar-refractivity contribution in [2.45, 2.75) is 106 Å². The summed E-state index contributed by atoms with van der Waals surface area (Å²) in [4.78, 5) is 41.5. The Hall–Kier alpha value is -4.33. The third kappa shape index (κ3) is 6.42. The first-order valence-electron chi connectivity index (χ1n) is 15.9. The van der Waals surface area contributed by atoms with E-state index in [1.807, 2.05) is 67.7 Å². The van der Waals surface area contributed by atoms with Crippen molar-refractivity contribution < 1.29 is 19.1 Å². The number of nitrogens with zero attached hydrogens (tertiary/aromatic N) is 1. The van der Waals surface area contributed by atoms with Crippen molar-refractivity contribution in [1.82, 2.24) is 19.9 Å². The van der Waals surface area contributed by atoms with Crippen LogP contribution in [-0.2, 0) is 35.2 Å². The quantitative estimate of drug-likeness (QED) is 0.153. The number of esters is 2. The molecule has 0 spiro atoms. The van der Waals surface area contributed by atoms with Gasteiger partial charge < -0.3 is 24.4 Å². The van der Waals surface area contributed by atoms with E-state index in [-0.39, 0.29) is 11.9 Å². The highest BCUT2D eigenvalue weighted by Crippen LogP contribution is 2.35. The van der Waals surface area contributed by atoms with Crippen molar-refractivity contribution in [3.05, 3.63) is 86.9 Å². The van der Waals surface area contributed by atoms with Crippen molar-refractivity contribution in [2.24, 2.45) is 0 Å². The first-order chi connectivity index (χ1) is 21.1. The molecular weight excluding hydrogens is 564 g/mol. The number of carbonyl (C=O) groups excluding carboxylic acids is 2. The van der Waals surface area contributed by atoms with Crippen LogP contribution < -0.4 is 0 Å². The van der Waals surface area contributed by atoms with E-state index in [1.54, 1.807) is 0 Å². The predicted molar refractivity (Wildman–Crippen MR) is 179 cm³/mol. The molecule has 1 aromatic carbocycles. The van der Waals surface area contributed by atoms with Gasteiger partial charge in [0.1, 0.15) is 22.6 Å². The van der Waals surface area contributed by atoms with Crippen LogP contribution in [0, 0.1) is 13.8 Å². The lowest BCUT2D eigenvalue weighted by Gasteiger charge is -2.19. The fraction of sp³-hybridized carbons (Fsp3) is 0.432. The second kappa shape index (κ2) is 11.9. The van der Waals surface area contributed by atoms with Gasteiger partial charge in [-0.05, 0) is 103 Å². The van der Waals surface area contributed by atoms with Gasteiger partial charge in [-0.25, -0.2) is 9.59 Å². The van der Waals surface area contributed by atoms with Gasteiger partial charge >= 0.3 is 11.9 Å². The van der Waals surface area contributed by atoms with Crippen LogP contribution in [0.2, 0.25) is 0 Å². The van der Waals surface area contributed by atoms with Crippen LogP contribution >= 0.6 is 0 Å². The number of H-pyrrole nitrogens is 3. The second-order valence-corrected chi connectivity index (χ2v) is 13.9. The Morgan fingerprint density at radius 1 is 0.689 bits per heavy atom. The maximum atomic E-state index is 13.1. The largest absolute Gasteiger partial charge is 0.455 e. The Labute approximate surface area is 265 Å². The number of benzene rings is 1. The smallest absolute Gasteiger partial charge is 0.355 e. The van der Waals surface area contributed by atoms with E-state index in [0.29, 0.717) is 24.2 Å². The number of aromatic amines is 3. The Morgan fingerprint density at radius 3 is 1.69 bits per heavy atom. The summed E-state index contributed by atoms with van der Waals surface area (Å²) in [7, 11) is 0. The van der Waals surface area contributed by atoms with Gasteiger partial charge in [0.05, 0.1) is 5.52 Å². The van der Waals surface area contributed by atoms with E-state index in [1.165, 1.54) is 0 Å². The molecule has 8 nitrogen and oxygen atoms in total. The summed E-state index contributed by atoms with van der Waals surface area (Å²) >= 11 is 0. The van der Waals surface area contributed by atoms with Gasteiger partial charge in [-0.15, -0.1) is 0 Å². The lowest BCUT2D eigenvalue weighted by atomic mass is 10.00. The molecule has 5 aromatic rings. The second-order valence-electron chi connectivity index (χ2n) is 13.9. The Morgan fingerprint density at radius 2 is 1.20 bits per heavy atom. The molecule has 4 heterocycles. The fourth-order valence-electron chi connectivity index (χ4n) is 6.39. The summed E-state index contributed by atoms with van der Waals surface area (Å²) in [5, 5.41) is 3.28. The van der Waals surface area contributed by atoms with Crippen molar-refractivity contribution in [3.63, 3.8) is 0 Å². The van der Waals surface area contributed by atoms with Crippen LogP contribution in [0.5, 0.6) is 0 Å². The number of rotatable bonds is 8. The maximum absolute atomic E-state index is 13.1. The first kappa shape index (κ1) is 32.1. The van der Waals surface area contributed by atoms with E-state index in [2.05, 4.69) is 52.0 Å². The molecule has 0 saturated heterocycles. The lowest BCUT2D eigenvalue weighted by Crippen LogP contribution is -2.24. The summed E-state index contributed by atoms with van der Waals surface area (Å²) in [6.45, 7) is 19.5. The van der Waals surface area contributed by atoms with Crippen molar-refractivity contribution in [1.29, 1.82) is 0 Å². The Kier molecular flexibility index (Phi) is 8.47. The molecule has 238 valence electrons. The zero-order valence-corrected chi connectivity index (χ0v) is 28.3. The molecule has 3 N–H and O–H groups in total. The SMILES string of the molecule is CCc1c(Cc2[nH]c(Cc3[nH]c(C(=O)OC(C)(C)C)c(C)c3CC)c3c2ccc2ncccc23)[nH]c(C(=O)OC(C)(C)C)c1C. The van der Waals surface area contributed by atoms with Crippen LogP contribution in [0.4, 0.5) is 0 Å². The third-order valence-corrected chi connectivity index (χ3v) is 8.27. The van der Waals surface area contributed by atoms with Gasteiger partial charge in [0.25, 0.3) is 0 Å². The number of hydrogen-bond acceptors (Lipinski definition) is 5. The minimum Gasteiger partial charge on any atom is -0.455 e. The van der Waals surface area contributed by atoms with Gasteiger partial charge in [0.2, 0.25) is 0 Å². The van der Waals surface area contributed by atoms with Crippen LogP contribution in [0.25, 0.3) is 21.7 Å². The minimum absolute atomic E-state index is 0.343. The zero-order chi connectivity index (χ0) is 32.8. The van der Waals surface area contributed by atoms with Crippen LogP contribution in [0.3, 0.4) is 0 Å². The van der Waals surface area contributed by atoms with Gasteiger partial charge in [0.15, 0.2) is 0 Å². The molecule has 0 fully saturated rings. The van der Waals surface area contributed by atoms with Gasteiger partial charge in [-0.1, -0.05) is 26.0 Å². The number of pyridine rings is 1. The topological polar surface area (TPSA) is 113 Å². The van der Waals surface area contributed by atoms with Gasteiger partial charge in [-0.2, -0.15) is 0 Å². The van der Waals surface area contributed by atoms with Crippen molar-refractivity contribution in [3.8, 4) is 0 Å². The van der Waals surface area contributed by atoms with Crippen molar-refractivity contribution in [2.75, 3.05) is 0 Å². The molecule has 45 heavy (non-hydrogen) atoms. The summed E-state index contributed by atoms with van der Waals surface area (Å²) in [6.07, 6.45) is 4.54. The van der Waals surface area contributed by atoms with Gasteiger partial charge in [0, 0.05) is 58.0 Å². The fourth-order valence-corrected chi connectivity index (χ4v) is 6.39. The molecule has 0 unspecified atom stereocenters. The summed E-state index contributed by atoms with van der Waals surface area (Å²) < 4.78 is 11.4. The molecule has 5 rings (SSSR count). The third-order valence-electron chi connectivity index (χ3n) is 8.27. The molecule has 0 atom stereocenters. The summed E-state index contributed by atoms with van der Waals surface area (Å²) in [5.74, 6) is -0.687. The first-order valence-corrected chi connectivity index (χ1v) is 15.9. The number of ether oxygens (including phenoxy) is 2. The van der Waals surface area contributed by atoms with Crippen LogP contribution in [0.1, 0.15) is 121 Å². The van der Waals surface area contributed by atoms with Gasteiger partial charge in [-0.3, -0.25) is 4.98 Å². The molecule has 0 radical (unpaired) electrons. The molecule has 4 aromatic heterocycles. The standard InChI is InChI=1S/C37H46N4O4/c1-11-22-20(3)32(34(42)44-36(5,6)7)40-27(22)18-29-25-15-16-26-24(14-13-17-38-26)31(25)30(39-29)19-28-23(12-2)21(4)33(41-28)35(43)45-37(8,9)10/h13-17,39-41H,11-12,18-19H2,1-10H3.